The van der Waals surface area contributed by atoms with Crippen LogP contribution < -0.4 is 4.90 Å². The third-order valence-electron chi connectivity index (χ3n) is 5.53. The molecule has 5 heteroatoms. The minimum atomic E-state index is -0.254. The number of nitrogens with zero attached hydrogens (tertiary/aromatic N) is 2. The minimum Gasteiger partial charge on any atom is -0.369 e. The van der Waals surface area contributed by atoms with Crippen molar-refractivity contribution >= 4 is 23.1 Å². The normalized spacial score (nSPS) is 20.5. The van der Waals surface area contributed by atoms with Crippen LogP contribution in [0.2, 0.25) is 5.02 Å². The van der Waals surface area contributed by atoms with E-state index in [0.29, 0.717) is 12.0 Å². The molecule has 2 aromatic rings. The summed E-state index contributed by atoms with van der Waals surface area (Å²) in [5.41, 5.74) is 2.79. The second-order valence-electron chi connectivity index (χ2n) is 7.16. The van der Waals surface area contributed by atoms with E-state index in [4.69, 9.17) is 11.6 Å². The zero-order valence-corrected chi connectivity index (χ0v) is 15.4. The molecule has 1 unspecified atom stereocenters. The molecule has 0 N–H and O–H groups in total. The summed E-state index contributed by atoms with van der Waals surface area (Å²) >= 11 is 5.96. The lowest BCUT2D eigenvalue weighted by Crippen LogP contribution is -2.47. The van der Waals surface area contributed by atoms with Crippen molar-refractivity contribution in [1.82, 2.24) is 4.90 Å². The number of piperazine rings is 1. The van der Waals surface area contributed by atoms with Gasteiger partial charge in [-0.1, -0.05) is 11.6 Å². The van der Waals surface area contributed by atoms with Gasteiger partial charge in [-0.25, -0.2) is 4.39 Å². The Morgan fingerprint density at radius 1 is 1.04 bits per heavy atom. The van der Waals surface area contributed by atoms with Gasteiger partial charge in [0.05, 0.1) is 0 Å². The predicted molar refractivity (Wildman–Crippen MR) is 103 cm³/mol. The molecule has 1 saturated heterocycles. The molecule has 1 heterocycles. The maximum absolute atomic E-state index is 13.4. The molecule has 4 rings (SSSR count). The number of fused-ring (bicyclic) bond motifs is 1. The zero-order chi connectivity index (χ0) is 18.1. The highest BCUT2D eigenvalue weighted by Crippen LogP contribution is 2.30. The molecule has 0 radical (unpaired) electrons. The van der Waals surface area contributed by atoms with E-state index in [2.05, 4.69) is 21.9 Å². The summed E-state index contributed by atoms with van der Waals surface area (Å²) in [7, 11) is 0. The van der Waals surface area contributed by atoms with Crippen molar-refractivity contribution in [2.45, 2.75) is 12.8 Å². The van der Waals surface area contributed by atoms with Crippen LogP contribution in [0.15, 0.2) is 42.5 Å². The summed E-state index contributed by atoms with van der Waals surface area (Å²) in [5.74, 6) is -0.0728. The molecule has 1 aliphatic heterocycles. The Bertz CT molecular complexity index is 800. The number of hydrogen-bond donors (Lipinski definition) is 0. The second kappa shape index (κ2) is 7.37. The molecule has 26 heavy (non-hydrogen) atoms. The van der Waals surface area contributed by atoms with Crippen molar-refractivity contribution in [3.8, 4) is 0 Å². The van der Waals surface area contributed by atoms with Gasteiger partial charge in [0, 0.05) is 48.4 Å². The van der Waals surface area contributed by atoms with Crippen molar-refractivity contribution < 1.29 is 9.18 Å². The zero-order valence-electron chi connectivity index (χ0n) is 14.6. The van der Waals surface area contributed by atoms with Crippen molar-refractivity contribution in [2.75, 3.05) is 37.6 Å². The van der Waals surface area contributed by atoms with Crippen LogP contribution >= 0.6 is 11.6 Å². The van der Waals surface area contributed by atoms with Gasteiger partial charge in [0.25, 0.3) is 0 Å². The van der Waals surface area contributed by atoms with Gasteiger partial charge in [-0.2, -0.15) is 0 Å². The highest BCUT2D eigenvalue weighted by Gasteiger charge is 2.31. The van der Waals surface area contributed by atoms with E-state index in [1.807, 2.05) is 12.1 Å². The number of carbonyl (C=O) groups excluding carboxylic acids is 1. The Hall–Kier alpha value is -1.91. The maximum atomic E-state index is 13.4. The van der Waals surface area contributed by atoms with Crippen molar-refractivity contribution in [2.24, 2.45) is 5.92 Å². The topological polar surface area (TPSA) is 23.6 Å². The number of hydrogen-bond acceptors (Lipinski definition) is 3. The average Bonchev–Trinajstić information content (AvgIpc) is 2.96. The first-order valence-electron chi connectivity index (χ1n) is 9.15. The number of benzene rings is 2. The average molecular weight is 373 g/mol. The Morgan fingerprint density at radius 2 is 1.77 bits per heavy atom. The van der Waals surface area contributed by atoms with Crippen LogP contribution in [0.25, 0.3) is 0 Å². The lowest BCUT2D eigenvalue weighted by atomic mass is 10.0. The van der Waals surface area contributed by atoms with Crippen LogP contribution in [0.1, 0.15) is 22.3 Å². The molecule has 3 nitrogen and oxygen atoms in total. The molecule has 1 aliphatic carbocycles. The fourth-order valence-electron chi connectivity index (χ4n) is 4.00. The molecular formula is C21H22ClFN2O. The SMILES string of the molecule is O=C1c2ccc(F)cc2CC1CCN1CCN(c2ccc(Cl)cc2)CC1. The van der Waals surface area contributed by atoms with Crippen LogP contribution in [-0.2, 0) is 6.42 Å². The highest BCUT2D eigenvalue weighted by molar-refractivity contribution is 6.30. The van der Waals surface area contributed by atoms with Crippen LogP contribution in [0.4, 0.5) is 10.1 Å². The quantitative estimate of drug-likeness (QED) is 0.809. The number of ketones is 1. The lowest BCUT2D eigenvalue weighted by molar-refractivity contribution is 0.0920. The van der Waals surface area contributed by atoms with Gasteiger partial charge in [0.15, 0.2) is 5.78 Å². The Labute approximate surface area is 158 Å². The first-order valence-corrected chi connectivity index (χ1v) is 9.53. The summed E-state index contributed by atoms with van der Waals surface area (Å²) in [5, 5.41) is 0.759. The standard InChI is InChI=1S/C21H22ClFN2O/c22-17-1-4-19(5-2-17)25-11-9-24(10-12-25)8-7-15-13-16-14-18(23)3-6-20(16)21(15)26/h1-6,14-15H,7-13H2. The van der Waals surface area contributed by atoms with E-state index >= 15 is 0 Å². The smallest absolute Gasteiger partial charge is 0.166 e. The highest BCUT2D eigenvalue weighted by atomic mass is 35.5. The van der Waals surface area contributed by atoms with Crippen molar-refractivity contribution in [1.29, 1.82) is 0 Å². The Morgan fingerprint density at radius 3 is 2.50 bits per heavy atom. The number of halogens is 2. The van der Waals surface area contributed by atoms with E-state index in [-0.39, 0.29) is 17.5 Å². The molecule has 0 amide bonds. The fraction of sp³-hybridized carbons (Fsp3) is 0.381. The van der Waals surface area contributed by atoms with E-state index in [1.54, 1.807) is 6.07 Å². The van der Waals surface area contributed by atoms with Crippen LogP contribution in [0.3, 0.4) is 0 Å². The predicted octanol–water partition coefficient (Wildman–Crippen LogP) is 4.05. The third kappa shape index (κ3) is 3.62. The van der Waals surface area contributed by atoms with Gasteiger partial charge >= 0.3 is 0 Å². The Balaban J connectivity index is 1.28. The summed E-state index contributed by atoms with van der Waals surface area (Å²) in [6.07, 6.45) is 1.52. The molecule has 0 aromatic heterocycles. The first-order chi connectivity index (χ1) is 12.6. The minimum absolute atomic E-state index is 0.00101. The van der Waals surface area contributed by atoms with Crippen molar-refractivity contribution in [3.05, 3.63) is 64.4 Å². The number of Topliss-reactive ketones (excluding diaryl/α,β-unsaturated/α-hetero) is 1. The van der Waals surface area contributed by atoms with E-state index < -0.39 is 0 Å². The number of anilines is 1. The monoisotopic (exact) mass is 372 g/mol. The molecular weight excluding hydrogens is 351 g/mol. The van der Waals surface area contributed by atoms with Gasteiger partial charge < -0.3 is 4.90 Å². The van der Waals surface area contributed by atoms with Gasteiger partial charge in [-0.05, 0) is 67.4 Å². The van der Waals surface area contributed by atoms with Crippen molar-refractivity contribution in [3.63, 3.8) is 0 Å². The van der Waals surface area contributed by atoms with E-state index in [1.165, 1.54) is 17.8 Å². The van der Waals surface area contributed by atoms with Gasteiger partial charge in [-0.15, -0.1) is 0 Å². The van der Waals surface area contributed by atoms with Gasteiger partial charge in [0.2, 0.25) is 0 Å². The lowest BCUT2D eigenvalue weighted by Gasteiger charge is -2.36. The van der Waals surface area contributed by atoms with E-state index in [9.17, 15) is 9.18 Å². The van der Waals surface area contributed by atoms with Gasteiger partial charge in [-0.3, -0.25) is 9.69 Å². The fourth-order valence-corrected chi connectivity index (χ4v) is 4.13. The molecule has 0 bridgehead atoms. The van der Waals surface area contributed by atoms with E-state index in [0.717, 1.165) is 49.7 Å². The summed E-state index contributed by atoms with van der Waals surface area (Å²) in [6.45, 7) is 4.86. The summed E-state index contributed by atoms with van der Waals surface area (Å²) < 4.78 is 13.4. The first kappa shape index (κ1) is 17.5. The Kier molecular flexibility index (Phi) is 4.96. The molecule has 136 valence electrons. The molecule has 1 atom stereocenters. The van der Waals surface area contributed by atoms with Crippen LogP contribution in [0, 0.1) is 11.7 Å². The largest absolute Gasteiger partial charge is 0.369 e. The van der Waals surface area contributed by atoms with Crippen LogP contribution in [-0.4, -0.2) is 43.4 Å². The molecule has 0 saturated carbocycles. The second-order valence-corrected chi connectivity index (χ2v) is 7.60. The summed E-state index contributed by atoms with van der Waals surface area (Å²) in [6, 6.07) is 12.5. The van der Waals surface area contributed by atoms with Gasteiger partial charge in [0.1, 0.15) is 5.82 Å². The molecule has 2 aromatic carbocycles. The molecule has 2 aliphatic rings. The molecule has 1 fully saturated rings. The maximum Gasteiger partial charge on any atom is 0.166 e. The summed E-state index contributed by atoms with van der Waals surface area (Å²) in [4.78, 5) is 17.3. The molecule has 0 spiro atoms. The number of rotatable bonds is 4. The number of carbonyl (C=O) groups is 1. The van der Waals surface area contributed by atoms with Crippen LogP contribution in [0.5, 0.6) is 0 Å². The third-order valence-corrected chi connectivity index (χ3v) is 5.78.